The zero-order valence-electron chi connectivity index (χ0n) is 18.8. The minimum atomic E-state index is -0.127. The van der Waals surface area contributed by atoms with Crippen LogP contribution in [0.4, 0.5) is 0 Å². The Bertz CT molecular complexity index is 1250. The molecule has 1 saturated heterocycles. The lowest BCUT2D eigenvalue weighted by Crippen LogP contribution is -2.30. The van der Waals surface area contributed by atoms with Crippen molar-refractivity contribution in [3.05, 3.63) is 89.8 Å². The van der Waals surface area contributed by atoms with Gasteiger partial charge in [-0.1, -0.05) is 69.3 Å². The Hall–Kier alpha value is -3.40. The van der Waals surface area contributed by atoms with Gasteiger partial charge in [-0.3, -0.25) is 4.79 Å². The summed E-state index contributed by atoms with van der Waals surface area (Å²) in [4.78, 5) is 20.0. The van der Waals surface area contributed by atoms with Crippen molar-refractivity contribution >= 4 is 17.0 Å². The monoisotopic (exact) mass is 424 g/mol. The van der Waals surface area contributed by atoms with Crippen LogP contribution in [0.15, 0.2) is 77.2 Å². The van der Waals surface area contributed by atoms with E-state index in [0.717, 1.165) is 41.6 Å². The molecule has 162 valence electrons. The first-order valence-electron chi connectivity index (χ1n) is 11.3. The summed E-state index contributed by atoms with van der Waals surface area (Å²) in [6, 6.07) is 24.2. The summed E-state index contributed by atoms with van der Waals surface area (Å²) in [6.07, 6.45) is 1.81. The van der Waals surface area contributed by atoms with Crippen molar-refractivity contribution in [2.24, 2.45) is 0 Å². The molecule has 1 aliphatic heterocycles. The number of rotatable bonds is 3. The van der Waals surface area contributed by atoms with Gasteiger partial charge in [0, 0.05) is 12.1 Å². The number of amides is 1. The van der Waals surface area contributed by atoms with Gasteiger partial charge in [0.05, 0.1) is 0 Å². The number of carbonyl (C=O) groups excluding carboxylic acids is 1. The largest absolute Gasteiger partial charge is 0.438 e. The van der Waals surface area contributed by atoms with Crippen LogP contribution in [0.1, 0.15) is 61.5 Å². The second kappa shape index (κ2) is 7.94. The SMILES string of the molecule is CC(C)(C)c1ccc(C(=O)N2CCC[C@@H]2c2nc3cc(-c4ccccc4)ccc3o2)cc1. The summed E-state index contributed by atoms with van der Waals surface area (Å²) in [5, 5.41) is 0. The number of aromatic nitrogens is 1. The summed E-state index contributed by atoms with van der Waals surface area (Å²) < 4.78 is 6.12. The molecule has 2 heterocycles. The molecule has 4 nitrogen and oxygen atoms in total. The second-order valence-electron chi connectivity index (χ2n) is 9.58. The van der Waals surface area contributed by atoms with Crippen LogP contribution >= 0.6 is 0 Å². The summed E-state index contributed by atoms with van der Waals surface area (Å²) in [5.74, 6) is 0.669. The topological polar surface area (TPSA) is 46.3 Å². The van der Waals surface area contributed by atoms with Gasteiger partial charge >= 0.3 is 0 Å². The average Bonchev–Trinajstić information content (AvgIpc) is 3.45. The third-order valence-electron chi connectivity index (χ3n) is 6.31. The van der Waals surface area contributed by atoms with Gasteiger partial charge in [-0.05, 0) is 59.2 Å². The number of nitrogens with zero attached hydrogens (tertiary/aromatic N) is 2. The molecule has 1 aromatic heterocycles. The highest BCUT2D eigenvalue weighted by Gasteiger charge is 2.34. The first kappa shape index (κ1) is 20.5. The standard InChI is InChI=1S/C28H28N2O2/c1-28(2,3)22-14-11-20(12-15-22)27(31)30-17-7-10-24(30)26-29-23-18-21(13-16-25(23)32-26)19-8-5-4-6-9-19/h4-6,8-9,11-16,18,24H,7,10,17H2,1-3H3/t24-/m1/s1. The Morgan fingerprint density at radius 2 is 1.72 bits per heavy atom. The van der Waals surface area contributed by atoms with E-state index in [9.17, 15) is 4.79 Å². The fourth-order valence-electron chi connectivity index (χ4n) is 4.44. The number of hydrogen-bond donors (Lipinski definition) is 0. The third kappa shape index (κ3) is 3.81. The van der Waals surface area contributed by atoms with E-state index in [2.05, 4.69) is 57.2 Å². The maximum atomic E-state index is 13.3. The lowest BCUT2D eigenvalue weighted by Gasteiger charge is -2.23. The van der Waals surface area contributed by atoms with Gasteiger partial charge in [-0.15, -0.1) is 0 Å². The highest BCUT2D eigenvalue weighted by Crippen LogP contribution is 2.35. The van der Waals surface area contributed by atoms with Crippen LogP contribution in [0.2, 0.25) is 0 Å². The Balaban J connectivity index is 1.42. The molecule has 0 unspecified atom stereocenters. The number of oxazole rings is 1. The third-order valence-corrected chi connectivity index (χ3v) is 6.31. The van der Waals surface area contributed by atoms with E-state index in [4.69, 9.17) is 9.40 Å². The molecule has 5 rings (SSSR count). The smallest absolute Gasteiger partial charge is 0.254 e. The zero-order valence-corrected chi connectivity index (χ0v) is 18.8. The Labute approximate surface area is 188 Å². The van der Waals surface area contributed by atoms with Crippen LogP contribution in [0, 0.1) is 0 Å². The maximum Gasteiger partial charge on any atom is 0.254 e. The van der Waals surface area contributed by atoms with E-state index in [1.165, 1.54) is 5.56 Å². The Morgan fingerprint density at radius 3 is 2.44 bits per heavy atom. The number of carbonyl (C=O) groups is 1. The fraction of sp³-hybridized carbons (Fsp3) is 0.286. The van der Waals surface area contributed by atoms with E-state index in [1.54, 1.807) is 0 Å². The predicted molar refractivity (Wildman–Crippen MR) is 128 cm³/mol. The fourth-order valence-corrected chi connectivity index (χ4v) is 4.44. The van der Waals surface area contributed by atoms with Gasteiger partial charge in [0.2, 0.25) is 5.89 Å². The van der Waals surface area contributed by atoms with E-state index in [0.29, 0.717) is 11.5 Å². The molecule has 1 atom stereocenters. The molecule has 1 aliphatic rings. The molecular formula is C28H28N2O2. The summed E-state index contributed by atoms with van der Waals surface area (Å²) >= 11 is 0. The van der Waals surface area contributed by atoms with Crippen molar-refractivity contribution in [1.82, 2.24) is 9.88 Å². The van der Waals surface area contributed by atoms with E-state index in [1.807, 2.05) is 41.3 Å². The highest BCUT2D eigenvalue weighted by molar-refractivity contribution is 5.94. The van der Waals surface area contributed by atoms with Gasteiger partial charge in [0.15, 0.2) is 5.58 Å². The van der Waals surface area contributed by atoms with Crippen molar-refractivity contribution in [1.29, 1.82) is 0 Å². The highest BCUT2D eigenvalue weighted by atomic mass is 16.3. The van der Waals surface area contributed by atoms with Crippen molar-refractivity contribution < 1.29 is 9.21 Å². The first-order chi connectivity index (χ1) is 15.4. The van der Waals surface area contributed by atoms with Crippen LogP contribution in [-0.2, 0) is 5.41 Å². The lowest BCUT2D eigenvalue weighted by atomic mass is 9.86. The maximum absolute atomic E-state index is 13.3. The minimum absolute atomic E-state index is 0.0418. The predicted octanol–water partition coefficient (Wildman–Crippen LogP) is 6.77. The van der Waals surface area contributed by atoms with Crippen LogP contribution < -0.4 is 0 Å². The number of likely N-dealkylation sites (tertiary alicyclic amines) is 1. The summed E-state index contributed by atoms with van der Waals surface area (Å²) in [5.41, 5.74) is 5.84. The first-order valence-corrected chi connectivity index (χ1v) is 11.3. The van der Waals surface area contributed by atoms with Crippen LogP contribution in [0.3, 0.4) is 0 Å². The average molecular weight is 425 g/mol. The number of hydrogen-bond acceptors (Lipinski definition) is 3. The minimum Gasteiger partial charge on any atom is -0.438 e. The van der Waals surface area contributed by atoms with Gasteiger partial charge in [-0.2, -0.15) is 0 Å². The Morgan fingerprint density at radius 1 is 0.969 bits per heavy atom. The quantitative estimate of drug-likeness (QED) is 0.365. The van der Waals surface area contributed by atoms with Gasteiger partial charge in [0.25, 0.3) is 5.91 Å². The Kier molecular flexibility index (Phi) is 5.09. The van der Waals surface area contributed by atoms with Gasteiger partial charge in [-0.25, -0.2) is 4.98 Å². The van der Waals surface area contributed by atoms with E-state index < -0.39 is 0 Å². The molecule has 0 aliphatic carbocycles. The molecule has 0 radical (unpaired) electrons. The number of fused-ring (bicyclic) bond motifs is 1. The number of benzene rings is 3. The van der Waals surface area contributed by atoms with E-state index in [-0.39, 0.29) is 17.4 Å². The normalized spacial score (nSPS) is 16.6. The van der Waals surface area contributed by atoms with Crippen LogP contribution in [0.5, 0.6) is 0 Å². The zero-order chi connectivity index (χ0) is 22.3. The molecule has 0 bridgehead atoms. The molecule has 4 aromatic rings. The molecule has 4 heteroatoms. The molecule has 3 aromatic carbocycles. The van der Waals surface area contributed by atoms with Crippen molar-refractivity contribution in [3.8, 4) is 11.1 Å². The molecule has 1 fully saturated rings. The van der Waals surface area contributed by atoms with Crippen LogP contribution in [-0.4, -0.2) is 22.3 Å². The van der Waals surface area contributed by atoms with Crippen LogP contribution in [0.25, 0.3) is 22.2 Å². The van der Waals surface area contributed by atoms with Crippen molar-refractivity contribution in [2.75, 3.05) is 6.54 Å². The second-order valence-corrected chi connectivity index (χ2v) is 9.58. The molecular weight excluding hydrogens is 396 g/mol. The summed E-state index contributed by atoms with van der Waals surface area (Å²) in [6.45, 7) is 7.25. The summed E-state index contributed by atoms with van der Waals surface area (Å²) in [7, 11) is 0. The van der Waals surface area contributed by atoms with Gasteiger partial charge < -0.3 is 9.32 Å². The molecule has 0 spiro atoms. The van der Waals surface area contributed by atoms with Crippen molar-refractivity contribution in [2.45, 2.75) is 45.1 Å². The molecule has 0 N–H and O–H groups in total. The lowest BCUT2D eigenvalue weighted by molar-refractivity contribution is 0.0717. The van der Waals surface area contributed by atoms with E-state index >= 15 is 0 Å². The molecule has 32 heavy (non-hydrogen) atoms. The van der Waals surface area contributed by atoms with Crippen molar-refractivity contribution in [3.63, 3.8) is 0 Å². The molecule has 1 amide bonds. The van der Waals surface area contributed by atoms with Gasteiger partial charge in [0.1, 0.15) is 11.6 Å². The molecule has 0 saturated carbocycles.